The molecule has 13 atom stereocenters. The number of ether oxygens (including phenoxy) is 6. The molecule has 374 valence electrons. The Balaban J connectivity index is 1.25. The van der Waals surface area contributed by atoms with Gasteiger partial charge in [0.1, 0.15) is 30.3 Å². The molecule has 2 aromatic heterocycles. The normalized spacial score (nSPS) is 34.0. The van der Waals surface area contributed by atoms with E-state index >= 15 is 4.39 Å². The minimum atomic E-state index is -3.21. The highest BCUT2D eigenvalue weighted by Gasteiger charge is 2.60. The molecule has 20 heteroatoms. The zero-order valence-electron chi connectivity index (χ0n) is 40.8. The zero-order chi connectivity index (χ0) is 49.7. The summed E-state index contributed by atoms with van der Waals surface area (Å²) >= 11 is 0. The molecule has 68 heavy (non-hydrogen) atoms. The van der Waals surface area contributed by atoms with Crippen molar-refractivity contribution in [3.63, 3.8) is 0 Å². The highest BCUT2D eigenvalue weighted by atomic mass is 19.1. The summed E-state index contributed by atoms with van der Waals surface area (Å²) in [4.78, 5) is 63.1. The highest BCUT2D eigenvalue weighted by Crippen LogP contribution is 2.41. The number of anilines is 1. The van der Waals surface area contributed by atoms with Crippen LogP contribution in [0.25, 0.3) is 11.4 Å². The molecule has 3 aliphatic rings. The lowest BCUT2D eigenvalue weighted by Crippen LogP contribution is -2.64. The van der Waals surface area contributed by atoms with Crippen LogP contribution in [0.1, 0.15) is 90.9 Å². The number of pyridine rings is 1. The number of rotatable bonds is 14. The molecular formula is C48H69FN8O11. The molecule has 3 aromatic rings. The van der Waals surface area contributed by atoms with Crippen LogP contribution in [0, 0.1) is 5.92 Å². The van der Waals surface area contributed by atoms with E-state index < -0.39 is 101 Å². The van der Waals surface area contributed by atoms with Crippen molar-refractivity contribution in [3.05, 3.63) is 60.3 Å². The first-order chi connectivity index (χ1) is 32.1. The summed E-state index contributed by atoms with van der Waals surface area (Å²) in [5.74, 6) is -4.20. The van der Waals surface area contributed by atoms with Gasteiger partial charge in [0.05, 0.1) is 41.3 Å². The number of ketones is 1. The smallest absolute Gasteiger partial charge is 0.410 e. The van der Waals surface area contributed by atoms with Crippen molar-refractivity contribution < 1.29 is 57.1 Å². The molecule has 0 aliphatic carbocycles. The first-order valence-electron chi connectivity index (χ1n) is 23.4. The topological polar surface area (TPSA) is 232 Å². The fourth-order valence-electron chi connectivity index (χ4n) is 10.1. The lowest BCUT2D eigenvalue weighted by atomic mass is 9.78. The first kappa shape index (κ1) is 52.3. The molecule has 1 amide bonds. The standard InChI is InChI=1S/C48H69FN8O11/c1-11-36-48(7)39(57(45(62)68-48)23-16-15-22-56-26-34(53-54-56)33-20-17-21-37(50)52-33)30(4)51-28(2)25-46(5,63-10)41(29(3)40(59)47(6,49)44(61)66-36)67-43-38(58)35(55(8)9)24-32(65-43)27-64-42(60)31-18-13-12-14-19-31/h12-14,17-21,26,28-30,32,35-36,38-39,41,43,51,58H,11,15-16,22-25,27H2,1-10H3,(H2,50,52)/t28-,29+,30+,32+,35+,36+,38-,39-,41-,43+,46+,47+,48-/m1/s1. The number of benzene rings is 1. The van der Waals surface area contributed by atoms with Gasteiger partial charge in [0.2, 0.25) is 0 Å². The fourth-order valence-corrected chi connectivity index (χ4v) is 10.1. The number of Topliss-reactive ketones (excluding diaryl/α,β-unsaturated/α-hetero) is 1. The third-order valence-corrected chi connectivity index (χ3v) is 13.7. The number of alkyl halides is 1. The van der Waals surface area contributed by atoms with Gasteiger partial charge in [0.25, 0.3) is 5.67 Å². The molecule has 0 saturated carbocycles. The van der Waals surface area contributed by atoms with E-state index in [4.69, 9.17) is 34.2 Å². The number of nitrogens with one attached hydrogen (secondary N) is 1. The van der Waals surface area contributed by atoms with E-state index in [1.807, 2.05) is 13.8 Å². The predicted molar refractivity (Wildman–Crippen MR) is 247 cm³/mol. The Bertz CT molecular complexity index is 2220. The number of esters is 2. The summed E-state index contributed by atoms with van der Waals surface area (Å²) < 4.78 is 55.7. The van der Waals surface area contributed by atoms with Crippen LogP contribution < -0.4 is 11.1 Å². The Hall–Kier alpha value is -5.12. The monoisotopic (exact) mass is 953 g/mol. The zero-order valence-corrected chi connectivity index (χ0v) is 40.8. The fraction of sp³-hybridized carbons (Fsp3) is 0.646. The van der Waals surface area contributed by atoms with Crippen molar-refractivity contribution in [1.29, 1.82) is 0 Å². The average molecular weight is 953 g/mol. The minimum Gasteiger partial charge on any atom is -0.459 e. The number of cyclic esters (lactones) is 1. The molecular weight excluding hydrogens is 884 g/mol. The Morgan fingerprint density at radius 1 is 1.03 bits per heavy atom. The summed E-state index contributed by atoms with van der Waals surface area (Å²) in [6, 6.07) is 11.5. The number of halogens is 1. The number of methoxy groups -OCH3 is 1. The number of unbranched alkanes of at least 4 members (excludes halogenated alkanes) is 1. The number of hydrogen-bond donors (Lipinski definition) is 3. The van der Waals surface area contributed by atoms with E-state index in [-0.39, 0.29) is 32.4 Å². The molecule has 3 aliphatic heterocycles. The van der Waals surface area contributed by atoms with Gasteiger partial charge in [-0.25, -0.2) is 23.8 Å². The molecule has 3 fully saturated rings. The SMILES string of the molecule is CC[C@@H]1OC(=O)[C@@](C)(F)C(=O)[C@H](C)[C@@H](O[C@@H]2O[C@H](COC(=O)c3ccccc3)C[C@H](N(C)C)[C@H]2O)[C@@](C)(OC)C[C@@H](C)N[C@@H](C)[C@H]2N(CCCCn3cc(-c4cccc(N)n4)nn3)C(=O)O[C@]12C. The van der Waals surface area contributed by atoms with Crippen molar-refractivity contribution in [2.45, 2.75) is 159 Å². The average Bonchev–Trinajstić information content (AvgIpc) is 3.88. The van der Waals surface area contributed by atoms with Gasteiger partial charge in [-0.3, -0.25) is 14.4 Å². The Morgan fingerprint density at radius 2 is 1.74 bits per heavy atom. The molecule has 4 N–H and O–H groups in total. The minimum absolute atomic E-state index is 0.123. The van der Waals surface area contributed by atoms with Crippen LogP contribution in [0.3, 0.4) is 0 Å². The van der Waals surface area contributed by atoms with Crippen LogP contribution >= 0.6 is 0 Å². The Labute approximate surface area is 397 Å². The van der Waals surface area contributed by atoms with E-state index in [1.54, 1.807) is 104 Å². The van der Waals surface area contributed by atoms with E-state index in [9.17, 15) is 24.3 Å². The van der Waals surface area contributed by atoms with Gasteiger partial charge < -0.3 is 49.5 Å². The Morgan fingerprint density at radius 3 is 2.40 bits per heavy atom. The van der Waals surface area contributed by atoms with Crippen molar-refractivity contribution in [1.82, 2.24) is 35.1 Å². The van der Waals surface area contributed by atoms with Crippen LogP contribution in [0.4, 0.5) is 15.0 Å². The van der Waals surface area contributed by atoms with Gasteiger partial charge in [-0.15, -0.1) is 5.10 Å². The number of aliphatic hydroxyl groups excluding tert-OH is 1. The van der Waals surface area contributed by atoms with Crippen LogP contribution in [0.2, 0.25) is 0 Å². The highest BCUT2D eigenvalue weighted by molar-refractivity contribution is 6.07. The van der Waals surface area contributed by atoms with E-state index in [1.165, 1.54) is 14.0 Å². The van der Waals surface area contributed by atoms with E-state index in [0.717, 1.165) is 6.92 Å². The number of nitrogens with zero attached hydrogens (tertiary/aromatic N) is 6. The van der Waals surface area contributed by atoms with E-state index in [0.29, 0.717) is 42.2 Å². The maximum absolute atomic E-state index is 17.1. The summed E-state index contributed by atoms with van der Waals surface area (Å²) in [7, 11) is 4.99. The maximum Gasteiger partial charge on any atom is 0.410 e. The number of aliphatic hydroxyl groups is 1. The Kier molecular flexibility index (Phi) is 16.7. The van der Waals surface area contributed by atoms with Gasteiger partial charge >= 0.3 is 18.0 Å². The molecule has 0 radical (unpaired) electrons. The predicted octanol–water partition coefficient (Wildman–Crippen LogP) is 4.36. The number of likely N-dealkylation sites (N-methyl/N-ethyl adjacent to an activating group) is 1. The molecule has 19 nitrogen and oxygen atoms in total. The number of aromatic nitrogens is 4. The number of nitrogens with two attached hydrogens (primary N) is 1. The third-order valence-electron chi connectivity index (χ3n) is 13.7. The number of carbonyl (C=O) groups excluding carboxylic acids is 4. The maximum atomic E-state index is 17.1. The number of aryl methyl sites for hydroxylation is 1. The van der Waals surface area contributed by atoms with Crippen molar-refractivity contribution >= 4 is 29.6 Å². The number of hydrogen-bond acceptors (Lipinski definition) is 17. The number of carbonyl (C=O) groups is 4. The van der Waals surface area contributed by atoms with Gasteiger partial charge in [0.15, 0.2) is 17.7 Å². The van der Waals surface area contributed by atoms with Gasteiger partial charge in [0, 0.05) is 44.2 Å². The molecule has 0 unspecified atom stereocenters. The van der Waals surface area contributed by atoms with Crippen LogP contribution in [-0.4, -0.2) is 165 Å². The first-order valence-corrected chi connectivity index (χ1v) is 23.4. The second kappa shape index (κ2) is 21.7. The van der Waals surface area contributed by atoms with Gasteiger partial charge in [-0.05, 0) is 105 Å². The number of amides is 1. The van der Waals surface area contributed by atoms with E-state index in [2.05, 4.69) is 20.6 Å². The third kappa shape index (κ3) is 11.3. The quantitative estimate of drug-likeness (QED) is 0.0882. The second-order valence-electron chi connectivity index (χ2n) is 19.2. The molecule has 0 bridgehead atoms. The lowest BCUT2D eigenvalue weighted by Gasteiger charge is -2.47. The molecule has 1 aromatic carbocycles. The van der Waals surface area contributed by atoms with Crippen LogP contribution in [0.15, 0.2) is 54.7 Å². The van der Waals surface area contributed by atoms with Crippen molar-refractivity contribution in [3.8, 4) is 11.4 Å². The summed E-state index contributed by atoms with van der Waals surface area (Å²) in [5.41, 5.74) is 1.27. The molecule has 3 saturated heterocycles. The number of nitrogen functional groups attached to an aromatic ring is 1. The van der Waals surface area contributed by atoms with Crippen molar-refractivity contribution in [2.75, 3.05) is 40.1 Å². The van der Waals surface area contributed by atoms with Gasteiger partial charge in [-0.1, -0.05) is 43.3 Å². The summed E-state index contributed by atoms with van der Waals surface area (Å²) in [6.07, 6.45) is -3.14. The second-order valence-corrected chi connectivity index (χ2v) is 19.2. The molecule has 0 spiro atoms. The number of fused-ring (bicyclic) bond motifs is 1. The van der Waals surface area contributed by atoms with Crippen molar-refractivity contribution in [2.24, 2.45) is 5.92 Å². The van der Waals surface area contributed by atoms with Gasteiger partial charge in [-0.2, -0.15) is 0 Å². The largest absolute Gasteiger partial charge is 0.459 e. The lowest BCUT2D eigenvalue weighted by molar-refractivity contribution is -0.300. The molecule has 6 rings (SSSR count). The molecule has 5 heterocycles. The van der Waals surface area contributed by atoms with Crippen LogP contribution in [-0.2, 0) is 44.6 Å². The summed E-state index contributed by atoms with van der Waals surface area (Å²) in [5, 5.41) is 23.9. The van der Waals surface area contributed by atoms with Crippen LogP contribution in [0.5, 0.6) is 0 Å². The summed E-state index contributed by atoms with van der Waals surface area (Å²) in [6.45, 7) is 11.8.